The van der Waals surface area contributed by atoms with Crippen molar-refractivity contribution in [1.82, 2.24) is 4.98 Å². The molecular weight excluding hydrogens is 254 g/mol. The van der Waals surface area contributed by atoms with Crippen LogP contribution >= 0.6 is 0 Å². The summed E-state index contributed by atoms with van der Waals surface area (Å²) in [7, 11) is 0. The molecule has 1 heterocycles. The molecule has 1 aliphatic carbocycles. The van der Waals surface area contributed by atoms with Gasteiger partial charge in [0.15, 0.2) is 0 Å². The van der Waals surface area contributed by atoms with Crippen molar-refractivity contribution in [2.75, 3.05) is 5.32 Å². The fraction of sp³-hybridized carbons (Fsp3) is 0.667. The predicted molar refractivity (Wildman–Crippen MR) is 79.7 cm³/mol. The third-order valence-electron chi connectivity index (χ3n) is 3.87. The van der Waals surface area contributed by atoms with Gasteiger partial charge >= 0.3 is 5.82 Å². The Bertz CT molecular complexity index is 496. The van der Waals surface area contributed by atoms with E-state index in [1.165, 1.54) is 12.6 Å². The molecule has 1 aromatic heterocycles. The number of hydrogen-bond acceptors (Lipinski definition) is 4. The van der Waals surface area contributed by atoms with Gasteiger partial charge in [-0.2, -0.15) is 0 Å². The van der Waals surface area contributed by atoms with Crippen LogP contribution in [0.1, 0.15) is 47.0 Å². The van der Waals surface area contributed by atoms with Crippen LogP contribution in [0.15, 0.2) is 18.3 Å². The maximum absolute atomic E-state index is 11.0. The number of hydrogen-bond donors (Lipinski definition) is 1. The van der Waals surface area contributed by atoms with Crippen LogP contribution in [0.4, 0.5) is 11.5 Å². The summed E-state index contributed by atoms with van der Waals surface area (Å²) in [6, 6.07) is 3.71. The fourth-order valence-corrected chi connectivity index (χ4v) is 3.82. The molecule has 1 aliphatic rings. The van der Waals surface area contributed by atoms with Gasteiger partial charge in [0.25, 0.3) is 0 Å². The van der Waals surface area contributed by atoms with Gasteiger partial charge in [0.05, 0.1) is 0 Å². The van der Waals surface area contributed by atoms with Crippen molar-refractivity contribution in [2.24, 2.45) is 10.8 Å². The number of nitrogens with one attached hydrogen (secondary N) is 1. The first-order valence-corrected chi connectivity index (χ1v) is 7.05. The topological polar surface area (TPSA) is 68.1 Å². The van der Waals surface area contributed by atoms with E-state index in [1.54, 1.807) is 12.1 Å². The lowest BCUT2D eigenvalue weighted by Crippen LogP contribution is -2.40. The zero-order valence-corrected chi connectivity index (χ0v) is 12.6. The van der Waals surface area contributed by atoms with Crippen LogP contribution in [-0.4, -0.2) is 15.9 Å². The highest BCUT2D eigenvalue weighted by Crippen LogP contribution is 2.46. The van der Waals surface area contributed by atoms with E-state index in [0.29, 0.717) is 5.69 Å². The van der Waals surface area contributed by atoms with E-state index in [9.17, 15) is 10.1 Å². The predicted octanol–water partition coefficient (Wildman–Crippen LogP) is 4.01. The van der Waals surface area contributed by atoms with Gasteiger partial charge in [-0.05, 0) is 52.1 Å². The van der Waals surface area contributed by atoms with Crippen molar-refractivity contribution < 1.29 is 4.92 Å². The average molecular weight is 277 g/mol. The third kappa shape index (κ3) is 3.46. The zero-order valence-electron chi connectivity index (χ0n) is 12.6. The van der Waals surface area contributed by atoms with Crippen molar-refractivity contribution in [1.29, 1.82) is 0 Å². The Hall–Kier alpha value is -1.65. The first kappa shape index (κ1) is 14.8. The van der Waals surface area contributed by atoms with Crippen molar-refractivity contribution in [3.63, 3.8) is 0 Å². The normalized spacial score (nSPS) is 21.4. The quantitative estimate of drug-likeness (QED) is 0.669. The third-order valence-corrected chi connectivity index (χ3v) is 3.87. The Morgan fingerprint density at radius 1 is 1.30 bits per heavy atom. The van der Waals surface area contributed by atoms with E-state index in [4.69, 9.17) is 0 Å². The van der Waals surface area contributed by atoms with Crippen LogP contribution < -0.4 is 5.32 Å². The summed E-state index contributed by atoms with van der Waals surface area (Å²) in [6.07, 6.45) is 4.66. The molecule has 0 saturated heterocycles. The van der Waals surface area contributed by atoms with Gasteiger partial charge < -0.3 is 15.4 Å². The van der Waals surface area contributed by atoms with E-state index in [0.717, 1.165) is 12.8 Å². The summed E-state index contributed by atoms with van der Waals surface area (Å²) < 4.78 is 0. The smallest absolute Gasteiger partial charge is 0.375 e. The monoisotopic (exact) mass is 277 g/mol. The molecule has 20 heavy (non-hydrogen) atoms. The van der Waals surface area contributed by atoms with E-state index in [-0.39, 0.29) is 22.7 Å². The van der Waals surface area contributed by atoms with Crippen LogP contribution in [0, 0.1) is 20.9 Å². The largest absolute Gasteiger partial charge is 0.386 e. The van der Waals surface area contributed by atoms with E-state index in [1.807, 2.05) is 0 Å². The minimum absolute atomic E-state index is 0.0892. The van der Waals surface area contributed by atoms with Crippen LogP contribution in [-0.2, 0) is 0 Å². The van der Waals surface area contributed by atoms with E-state index in [2.05, 4.69) is 38.0 Å². The summed E-state index contributed by atoms with van der Waals surface area (Å²) in [5.74, 6) is -0.0892. The Morgan fingerprint density at radius 3 is 2.45 bits per heavy atom. The molecule has 2 rings (SSSR count). The number of nitrogens with zero attached hydrogens (tertiary/aromatic N) is 2. The molecule has 0 aromatic carbocycles. The van der Waals surface area contributed by atoms with E-state index >= 15 is 0 Å². The zero-order chi connectivity index (χ0) is 15.0. The van der Waals surface area contributed by atoms with Crippen LogP contribution in [0.3, 0.4) is 0 Å². The van der Waals surface area contributed by atoms with Gasteiger partial charge in [-0.1, -0.05) is 27.7 Å². The average Bonchev–Trinajstić information content (AvgIpc) is 2.24. The Morgan fingerprint density at radius 2 is 1.90 bits per heavy atom. The number of pyridine rings is 1. The highest BCUT2D eigenvalue weighted by Gasteiger charge is 2.38. The molecule has 5 nitrogen and oxygen atoms in total. The molecule has 1 aromatic rings. The van der Waals surface area contributed by atoms with Gasteiger partial charge in [-0.15, -0.1) is 0 Å². The van der Waals surface area contributed by atoms with Crippen molar-refractivity contribution in [2.45, 2.75) is 53.0 Å². The minimum atomic E-state index is -0.429. The lowest BCUT2D eigenvalue weighted by atomic mass is 9.63. The number of nitro groups is 1. The van der Waals surface area contributed by atoms with Gasteiger partial charge in [-0.3, -0.25) is 0 Å². The van der Waals surface area contributed by atoms with Crippen LogP contribution in [0.2, 0.25) is 0 Å². The Balaban J connectivity index is 2.20. The van der Waals surface area contributed by atoms with Gasteiger partial charge in [0.1, 0.15) is 11.9 Å². The van der Waals surface area contributed by atoms with Crippen molar-refractivity contribution >= 4 is 11.5 Å². The molecule has 1 fully saturated rings. The molecular formula is C15H23N3O2. The summed E-state index contributed by atoms with van der Waals surface area (Å²) >= 11 is 0. The molecule has 5 heteroatoms. The molecule has 0 amide bonds. The highest BCUT2D eigenvalue weighted by molar-refractivity contribution is 5.57. The number of rotatable bonds is 3. The summed E-state index contributed by atoms with van der Waals surface area (Å²) in [6.45, 7) is 9.06. The Kier molecular flexibility index (Phi) is 3.71. The van der Waals surface area contributed by atoms with Crippen molar-refractivity contribution in [3.05, 3.63) is 28.4 Å². The van der Waals surface area contributed by atoms with Crippen LogP contribution in [0.25, 0.3) is 0 Å². The van der Waals surface area contributed by atoms with Crippen molar-refractivity contribution in [3.8, 4) is 0 Å². The molecule has 0 bridgehead atoms. The SMILES string of the molecule is CC1(C)CC(Nc2cccnc2[N+](=O)[O-])CC(C)(C)C1. The summed E-state index contributed by atoms with van der Waals surface area (Å²) in [5.41, 5.74) is 1.02. The molecule has 0 radical (unpaired) electrons. The molecule has 0 spiro atoms. The summed E-state index contributed by atoms with van der Waals surface area (Å²) in [4.78, 5) is 14.4. The fourth-order valence-electron chi connectivity index (χ4n) is 3.82. The summed E-state index contributed by atoms with van der Waals surface area (Å²) in [5, 5.41) is 14.4. The number of anilines is 1. The molecule has 110 valence electrons. The van der Waals surface area contributed by atoms with Gasteiger partial charge in [0, 0.05) is 6.04 Å². The standard InChI is InChI=1S/C15H23N3O2/c1-14(2)8-11(9-15(3,4)10-14)17-12-6-5-7-16-13(12)18(19)20/h5-7,11,17H,8-10H2,1-4H3. The molecule has 0 aliphatic heterocycles. The van der Waals surface area contributed by atoms with E-state index < -0.39 is 4.92 Å². The molecule has 1 N–H and O–H groups in total. The minimum Gasteiger partial charge on any atom is -0.375 e. The first-order valence-electron chi connectivity index (χ1n) is 7.05. The maximum atomic E-state index is 11.0. The Labute approximate surface area is 119 Å². The number of aromatic nitrogens is 1. The van der Waals surface area contributed by atoms with Crippen LogP contribution in [0.5, 0.6) is 0 Å². The second-order valence-electron chi connectivity index (χ2n) is 7.39. The second kappa shape index (κ2) is 5.04. The highest BCUT2D eigenvalue weighted by atomic mass is 16.6. The lowest BCUT2D eigenvalue weighted by molar-refractivity contribution is -0.388. The lowest BCUT2D eigenvalue weighted by Gasteiger charge is -2.45. The first-order chi connectivity index (χ1) is 9.19. The second-order valence-corrected chi connectivity index (χ2v) is 7.39. The molecule has 0 atom stereocenters. The van der Waals surface area contributed by atoms with Gasteiger partial charge in [-0.25, -0.2) is 0 Å². The maximum Gasteiger partial charge on any atom is 0.386 e. The molecule has 0 unspecified atom stereocenters. The van der Waals surface area contributed by atoms with Gasteiger partial charge in [0.2, 0.25) is 0 Å². The molecule has 1 saturated carbocycles.